The summed E-state index contributed by atoms with van der Waals surface area (Å²) in [4.78, 5) is 8.62. The van der Waals surface area contributed by atoms with E-state index in [0.717, 1.165) is 0 Å². The second kappa shape index (κ2) is 16.7. The second-order valence-corrected chi connectivity index (χ2v) is 10.4. The third-order valence-electron chi connectivity index (χ3n) is 6.97. The summed E-state index contributed by atoms with van der Waals surface area (Å²) in [6.45, 7) is -0.815. The van der Waals surface area contributed by atoms with Crippen molar-refractivity contribution in [1.82, 2.24) is 0 Å². The van der Waals surface area contributed by atoms with E-state index in [1.54, 1.807) is 0 Å². The lowest BCUT2D eigenvalue weighted by atomic mass is 9.99. The van der Waals surface area contributed by atoms with E-state index < -0.39 is 115 Å². The van der Waals surface area contributed by atoms with Gasteiger partial charge in [0, 0.05) is 6.61 Å². The van der Waals surface area contributed by atoms with Crippen molar-refractivity contribution in [2.75, 3.05) is 26.4 Å². The van der Waals surface area contributed by atoms with Gasteiger partial charge in [0.2, 0.25) is 0 Å². The first-order valence-corrected chi connectivity index (χ1v) is 14.0. The fourth-order valence-electron chi connectivity index (χ4n) is 4.46. The first kappa shape index (κ1) is 35.2. The Labute approximate surface area is 236 Å². The highest BCUT2D eigenvalue weighted by molar-refractivity contribution is 7.24. The van der Waals surface area contributed by atoms with E-state index in [1.165, 1.54) is 0 Å². The molecule has 0 aliphatic carbocycles. The molecule has 0 spiro atoms. The van der Waals surface area contributed by atoms with Crippen LogP contribution in [0, 0.1) is 0 Å². The molecule has 3 fully saturated rings. The Balaban J connectivity index is 1.55. The molecule has 242 valence electrons. The van der Waals surface area contributed by atoms with Crippen molar-refractivity contribution in [3.63, 3.8) is 0 Å². The van der Waals surface area contributed by atoms with Crippen LogP contribution in [0.4, 0.5) is 0 Å². The Morgan fingerprint density at radius 1 is 0.512 bits per heavy atom. The van der Waals surface area contributed by atoms with Gasteiger partial charge in [0.1, 0.15) is 67.1 Å². The van der Waals surface area contributed by atoms with Gasteiger partial charge in [-0.15, -0.1) is 0 Å². The van der Waals surface area contributed by atoms with Crippen LogP contribution < -0.4 is 0 Å². The second-order valence-electron chi connectivity index (χ2n) is 9.90. The lowest BCUT2D eigenvalue weighted by Crippen LogP contribution is -2.64. The lowest BCUT2D eigenvalue weighted by Gasteiger charge is -2.45. The van der Waals surface area contributed by atoms with Gasteiger partial charge in [0.25, 0.3) is 0 Å². The molecule has 0 aromatic heterocycles. The number of rotatable bonds is 14. The van der Waals surface area contributed by atoms with Crippen LogP contribution in [-0.2, 0) is 32.9 Å². The molecule has 0 aromatic rings. The van der Waals surface area contributed by atoms with Gasteiger partial charge in [-0.1, -0.05) is 0 Å². The van der Waals surface area contributed by atoms with Crippen molar-refractivity contribution in [2.45, 2.75) is 112 Å². The predicted octanol–water partition coefficient (Wildman–Crippen LogP) is -5.90. The van der Waals surface area contributed by atoms with E-state index in [4.69, 9.17) is 37.8 Å². The molecular weight excluding hydrogens is 583 g/mol. The van der Waals surface area contributed by atoms with Crippen LogP contribution in [0.3, 0.4) is 0 Å². The Kier molecular flexibility index (Phi) is 14.3. The molecule has 3 saturated heterocycles. The van der Waals surface area contributed by atoms with Gasteiger partial charge in [-0.2, -0.15) is 0 Å². The summed E-state index contributed by atoms with van der Waals surface area (Å²) >= 11 is 0. The van der Waals surface area contributed by atoms with Gasteiger partial charge in [-0.05, 0) is 19.3 Å². The lowest BCUT2D eigenvalue weighted by molar-refractivity contribution is -0.402. The van der Waals surface area contributed by atoms with E-state index in [-0.39, 0.29) is 6.61 Å². The van der Waals surface area contributed by atoms with E-state index >= 15 is 0 Å². The van der Waals surface area contributed by atoms with Crippen LogP contribution in [0.5, 0.6) is 0 Å². The topological polar surface area (TPSA) is 287 Å². The zero-order chi connectivity index (χ0) is 30.3. The maximum Gasteiger partial charge on any atom is 0.192 e. The predicted molar refractivity (Wildman–Crippen MR) is 130 cm³/mol. The van der Waals surface area contributed by atoms with Gasteiger partial charge >= 0.3 is 0 Å². The van der Waals surface area contributed by atoms with Crippen LogP contribution in [0.2, 0.25) is 0 Å². The highest BCUT2D eigenvalue weighted by Gasteiger charge is 2.51. The minimum atomic E-state index is -1.91. The van der Waals surface area contributed by atoms with E-state index in [1.807, 2.05) is 0 Å². The van der Waals surface area contributed by atoms with Gasteiger partial charge in [0.15, 0.2) is 34.2 Å². The van der Waals surface area contributed by atoms with Gasteiger partial charge < -0.3 is 88.9 Å². The summed E-state index contributed by atoms with van der Waals surface area (Å²) in [6.07, 6.45) is -23.3. The van der Waals surface area contributed by atoms with Crippen molar-refractivity contribution in [1.29, 1.82) is 0 Å². The SMILES string of the molecule is OCC1OC(OC2OC(OCC3OC(OCCCCCOPO)C(O)C(O)C3O)C(O)C(O)C2O)C(O)C(O)C1O. The first-order valence-electron chi connectivity index (χ1n) is 13.1. The third-order valence-corrected chi connectivity index (χ3v) is 7.31. The Hall–Kier alpha value is -0.290. The summed E-state index contributed by atoms with van der Waals surface area (Å²) in [5, 5.41) is 101. The molecule has 19 heteroatoms. The van der Waals surface area contributed by atoms with Gasteiger partial charge in [-0.25, -0.2) is 0 Å². The summed E-state index contributed by atoms with van der Waals surface area (Å²) in [6, 6.07) is 0. The number of hydrogen-bond donors (Lipinski definition) is 11. The van der Waals surface area contributed by atoms with Crippen molar-refractivity contribution >= 4 is 9.03 Å². The molecule has 0 radical (unpaired) electrons. The van der Waals surface area contributed by atoms with Crippen LogP contribution in [0.25, 0.3) is 0 Å². The van der Waals surface area contributed by atoms with E-state index in [9.17, 15) is 51.1 Å². The number of unbranched alkanes of at least 4 members (excludes halogenated alkanes) is 2. The van der Waals surface area contributed by atoms with Crippen molar-refractivity contribution in [2.24, 2.45) is 0 Å². The molecule has 0 bridgehead atoms. The highest BCUT2D eigenvalue weighted by Crippen LogP contribution is 2.29. The standard InChI is InChI=1S/C22H41O18P/c23-6-8-10(24)12(26)17(31)21(37-8)40-22-18(32)14(28)16(30)20(39-22)35-7-9-11(25)13(27)15(29)19(38-9)34-4-2-1-3-5-36-41-33/h8-33,41H,1-7H2. The zero-order valence-electron chi connectivity index (χ0n) is 21.9. The molecule has 16 unspecified atom stereocenters. The molecule has 11 N–H and O–H groups in total. The largest absolute Gasteiger partial charge is 0.394 e. The average Bonchev–Trinajstić information content (AvgIpc) is 2.96. The van der Waals surface area contributed by atoms with E-state index in [0.29, 0.717) is 25.9 Å². The Morgan fingerprint density at radius 2 is 1.00 bits per heavy atom. The third kappa shape index (κ3) is 8.89. The normalized spacial score (nSPS) is 45.9. The number of aliphatic hydroxyl groups is 10. The van der Waals surface area contributed by atoms with Crippen LogP contribution in [0.1, 0.15) is 19.3 Å². The molecule has 16 atom stereocenters. The number of aliphatic hydroxyl groups excluding tert-OH is 10. The van der Waals surface area contributed by atoms with Crippen LogP contribution in [0.15, 0.2) is 0 Å². The van der Waals surface area contributed by atoms with Gasteiger partial charge in [0.05, 0.1) is 19.8 Å². The molecule has 41 heavy (non-hydrogen) atoms. The monoisotopic (exact) mass is 624 g/mol. The number of ether oxygens (including phenoxy) is 6. The molecule has 0 aromatic carbocycles. The molecule has 3 heterocycles. The summed E-state index contributed by atoms with van der Waals surface area (Å²) in [5.41, 5.74) is 0. The van der Waals surface area contributed by atoms with Gasteiger partial charge in [-0.3, -0.25) is 0 Å². The fourth-order valence-corrected chi connectivity index (χ4v) is 4.70. The minimum absolute atomic E-state index is 0.130. The van der Waals surface area contributed by atoms with Crippen LogP contribution >= 0.6 is 9.03 Å². The first-order chi connectivity index (χ1) is 19.5. The van der Waals surface area contributed by atoms with Crippen molar-refractivity contribution < 1.29 is 88.9 Å². The molecule has 0 amide bonds. The molecule has 3 aliphatic rings. The quantitative estimate of drug-likeness (QED) is 0.0633. The smallest absolute Gasteiger partial charge is 0.192 e. The maximum absolute atomic E-state index is 10.4. The average molecular weight is 625 g/mol. The maximum atomic E-state index is 10.4. The summed E-state index contributed by atoms with van der Waals surface area (Å²) in [7, 11) is -0.593. The molecule has 3 rings (SSSR count). The van der Waals surface area contributed by atoms with Crippen molar-refractivity contribution in [3.05, 3.63) is 0 Å². The van der Waals surface area contributed by atoms with Crippen LogP contribution in [-0.4, -0.2) is 175 Å². The van der Waals surface area contributed by atoms with E-state index in [2.05, 4.69) is 0 Å². The molecule has 18 nitrogen and oxygen atoms in total. The Morgan fingerprint density at radius 3 is 1.61 bits per heavy atom. The highest BCUT2D eigenvalue weighted by atomic mass is 31.1. The molecular formula is C22H41O18P. The molecule has 3 aliphatic heterocycles. The summed E-state index contributed by atoms with van der Waals surface area (Å²) in [5.74, 6) is 0. The number of hydrogen-bond acceptors (Lipinski definition) is 18. The van der Waals surface area contributed by atoms with Crippen molar-refractivity contribution in [3.8, 4) is 0 Å². The molecule has 0 saturated carbocycles. The minimum Gasteiger partial charge on any atom is -0.394 e. The Bertz CT molecular complexity index is 753. The summed E-state index contributed by atoms with van der Waals surface area (Å²) < 4.78 is 37.2. The fraction of sp³-hybridized carbons (Fsp3) is 1.00. The zero-order valence-corrected chi connectivity index (χ0v) is 22.9.